The molecule has 1 heterocycles. The molecule has 0 spiro atoms. The Kier molecular flexibility index (Phi) is 4.34. The number of halogens is 3. The fourth-order valence-corrected chi connectivity index (χ4v) is 6.04. The number of hydrogen-bond acceptors (Lipinski definition) is 5. The molecule has 1 saturated heterocycles. The van der Waals surface area contributed by atoms with Crippen molar-refractivity contribution in [3.8, 4) is 0 Å². The molecule has 0 aromatic carbocycles. The summed E-state index contributed by atoms with van der Waals surface area (Å²) in [6, 6.07) is -0.433. The van der Waals surface area contributed by atoms with Crippen molar-refractivity contribution in [2.24, 2.45) is 11.8 Å². The number of esters is 1. The average Bonchev–Trinajstić information content (AvgIpc) is 3.09. The summed E-state index contributed by atoms with van der Waals surface area (Å²) in [4.78, 5) is 23.1. The first kappa shape index (κ1) is 18.2. The number of hydrogen-bond donors (Lipinski definition) is 2. The normalized spacial score (nSPS) is 34.8. The molecule has 0 radical (unpaired) electrons. The summed E-state index contributed by atoms with van der Waals surface area (Å²) in [6.45, 7) is 2.33. The van der Waals surface area contributed by atoms with Gasteiger partial charge >= 0.3 is 12.1 Å². The number of rotatable bonds is 5. The Balaban J connectivity index is 1.47. The standard InChI is InChI=1S/C14H17F3N2O5S/c1-6(14(15,16)17)13(21)18-3-2-10(20)24-12-7-4-8-9(5-7)25(22,23)19-11(8)12/h7-9,11-12,19H,1-5H2,(H,18,21). The van der Waals surface area contributed by atoms with Gasteiger partial charge in [0.05, 0.1) is 17.7 Å². The van der Waals surface area contributed by atoms with Crippen molar-refractivity contribution in [2.45, 2.75) is 42.8 Å². The lowest BCUT2D eigenvalue weighted by atomic mass is 9.93. The van der Waals surface area contributed by atoms with Gasteiger partial charge in [-0.25, -0.2) is 13.1 Å². The highest BCUT2D eigenvalue weighted by atomic mass is 32.2. The Morgan fingerprint density at radius 2 is 1.96 bits per heavy atom. The maximum atomic E-state index is 12.3. The Hall–Kier alpha value is -1.62. The topological polar surface area (TPSA) is 102 Å². The van der Waals surface area contributed by atoms with Crippen molar-refractivity contribution < 1.29 is 35.9 Å². The van der Waals surface area contributed by atoms with Crippen LogP contribution in [-0.2, 0) is 24.3 Å². The summed E-state index contributed by atoms with van der Waals surface area (Å²) < 4.78 is 68.5. The number of fused-ring (bicyclic) bond motifs is 1. The Morgan fingerprint density at radius 1 is 1.28 bits per heavy atom. The van der Waals surface area contributed by atoms with E-state index >= 15 is 0 Å². The number of ether oxygens (including phenoxy) is 1. The fraction of sp³-hybridized carbons (Fsp3) is 0.714. The van der Waals surface area contributed by atoms with E-state index in [-0.39, 0.29) is 24.8 Å². The molecule has 25 heavy (non-hydrogen) atoms. The fourth-order valence-electron chi connectivity index (χ4n) is 3.94. The van der Waals surface area contributed by atoms with Gasteiger partial charge < -0.3 is 10.1 Å². The molecule has 2 aliphatic carbocycles. The van der Waals surface area contributed by atoms with Crippen molar-refractivity contribution in [3.05, 3.63) is 12.2 Å². The molecule has 2 saturated carbocycles. The van der Waals surface area contributed by atoms with Gasteiger partial charge in [-0.3, -0.25) is 9.59 Å². The summed E-state index contributed by atoms with van der Waals surface area (Å²) in [7, 11) is -3.37. The van der Waals surface area contributed by atoms with E-state index in [1.54, 1.807) is 0 Å². The van der Waals surface area contributed by atoms with Gasteiger partial charge in [0.15, 0.2) is 0 Å². The molecule has 140 valence electrons. The van der Waals surface area contributed by atoms with Gasteiger partial charge in [0, 0.05) is 6.54 Å². The minimum atomic E-state index is -4.83. The van der Waals surface area contributed by atoms with Crippen LogP contribution in [0.3, 0.4) is 0 Å². The SMILES string of the molecule is C=C(C(=O)NCCC(=O)OC1C2CC3C1NS(=O)(=O)C3C2)C(F)(F)F. The maximum Gasteiger partial charge on any atom is 0.421 e. The lowest BCUT2D eigenvalue weighted by Crippen LogP contribution is -2.42. The third kappa shape index (κ3) is 3.26. The lowest BCUT2D eigenvalue weighted by molar-refractivity contribution is -0.152. The van der Waals surface area contributed by atoms with Gasteiger partial charge in [0.25, 0.3) is 5.91 Å². The van der Waals surface area contributed by atoms with E-state index in [9.17, 15) is 31.2 Å². The van der Waals surface area contributed by atoms with Crippen LogP contribution >= 0.6 is 0 Å². The smallest absolute Gasteiger partial charge is 0.421 e. The van der Waals surface area contributed by atoms with Crippen LogP contribution < -0.4 is 10.0 Å². The van der Waals surface area contributed by atoms with E-state index in [1.165, 1.54) is 0 Å². The van der Waals surface area contributed by atoms with Crippen LogP contribution in [0.4, 0.5) is 13.2 Å². The summed E-state index contributed by atoms with van der Waals surface area (Å²) in [5.74, 6) is -2.19. The number of amides is 1. The number of nitrogens with one attached hydrogen (secondary N) is 2. The van der Waals surface area contributed by atoms with Gasteiger partial charge in [-0.1, -0.05) is 6.58 Å². The largest absolute Gasteiger partial charge is 0.460 e. The third-order valence-electron chi connectivity index (χ3n) is 5.06. The van der Waals surface area contributed by atoms with Gasteiger partial charge in [-0.2, -0.15) is 13.2 Å². The first-order valence-corrected chi connectivity index (χ1v) is 9.30. The second-order valence-corrected chi connectivity index (χ2v) is 8.49. The van der Waals surface area contributed by atoms with Crippen molar-refractivity contribution in [1.29, 1.82) is 0 Å². The second-order valence-electron chi connectivity index (χ2n) is 6.56. The molecule has 5 unspecified atom stereocenters. The highest BCUT2D eigenvalue weighted by Crippen LogP contribution is 2.52. The predicted octanol–water partition coefficient (Wildman–Crippen LogP) is 0.233. The molecular weight excluding hydrogens is 365 g/mol. The van der Waals surface area contributed by atoms with Crippen molar-refractivity contribution in [1.82, 2.24) is 10.0 Å². The number of carbonyl (C=O) groups is 2. The minimum Gasteiger partial charge on any atom is -0.460 e. The molecule has 0 aromatic heterocycles. The van der Waals surface area contributed by atoms with Crippen molar-refractivity contribution in [2.75, 3.05) is 6.54 Å². The van der Waals surface area contributed by atoms with Crippen LogP contribution in [0.15, 0.2) is 12.2 Å². The third-order valence-corrected chi connectivity index (χ3v) is 7.00. The zero-order chi connectivity index (χ0) is 18.6. The van der Waals surface area contributed by atoms with Gasteiger partial charge in [-0.15, -0.1) is 0 Å². The molecule has 3 fully saturated rings. The van der Waals surface area contributed by atoms with E-state index in [0.717, 1.165) is 0 Å². The Labute approximate surface area is 142 Å². The van der Waals surface area contributed by atoms with Crippen LogP contribution in [0.2, 0.25) is 0 Å². The number of carbonyl (C=O) groups excluding carboxylic acids is 2. The van der Waals surface area contributed by atoms with Gasteiger partial charge in [0.2, 0.25) is 10.0 Å². The van der Waals surface area contributed by atoms with Crippen LogP contribution in [-0.4, -0.2) is 50.4 Å². The van der Waals surface area contributed by atoms with Crippen molar-refractivity contribution in [3.63, 3.8) is 0 Å². The van der Waals surface area contributed by atoms with Crippen LogP contribution in [0, 0.1) is 11.8 Å². The van der Waals surface area contributed by atoms with E-state index < -0.39 is 51.0 Å². The van der Waals surface area contributed by atoms with Crippen LogP contribution in [0.25, 0.3) is 0 Å². The molecule has 1 amide bonds. The van der Waals surface area contributed by atoms with Crippen LogP contribution in [0.1, 0.15) is 19.3 Å². The number of sulfonamides is 1. The monoisotopic (exact) mass is 382 g/mol. The molecule has 5 atom stereocenters. The molecule has 2 N–H and O–H groups in total. The van der Waals surface area contributed by atoms with E-state index in [1.807, 2.05) is 5.32 Å². The highest BCUT2D eigenvalue weighted by molar-refractivity contribution is 7.90. The minimum absolute atomic E-state index is 0.0340. The van der Waals surface area contributed by atoms with E-state index in [4.69, 9.17) is 4.74 Å². The Bertz CT molecular complexity index is 720. The maximum absolute atomic E-state index is 12.3. The van der Waals surface area contributed by atoms with Crippen molar-refractivity contribution >= 4 is 21.9 Å². The van der Waals surface area contributed by atoms with Crippen LogP contribution in [0.5, 0.6) is 0 Å². The molecule has 3 rings (SSSR count). The summed E-state index contributed by atoms with van der Waals surface area (Å²) in [6.07, 6.45) is -4.60. The predicted molar refractivity (Wildman–Crippen MR) is 78.5 cm³/mol. The molecule has 0 aromatic rings. The van der Waals surface area contributed by atoms with Gasteiger partial charge in [-0.05, 0) is 24.7 Å². The molecule has 1 aliphatic heterocycles. The summed E-state index contributed by atoms with van der Waals surface area (Å²) >= 11 is 0. The zero-order valence-electron chi connectivity index (χ0n) is 13.0. The average molecular weight is 382 g/mol. The quantitative estimate of drug-likeness (QED) is 0.524. The van der Waals surface area contributed by atoms with Gasteiger partial charge in [0.1, 0.15) is 11.7 Å². The van der Waals surface area contributed by atoms with E-state index in [0.29, 0.717) is 12.8 Å². The lowest BCUT2D eigenvalue weighted by Gasteiger charge is -2.26. The summed E-state index contributed by atoms with van der Waals surface area (Å²) in [5.41, 5.74) is -1.54. The number of alkyl halides is 3. The van der Waals surface area contributed by atoms with E-state index in [2.05, 4.69) is 11.3 Å². The highest BCUT2D eigenvalue weighted by Gasteiger charge is 2.63. The molecule has 3 aliphatic rings. The molecule has 11 heteroatoms. The molecule has 7 nitrogen and oxygen atoms in total. The first-order valence-electron chi connectivity index (χ1n) is 7.75. The summed E-state index contributed by atoms with van der Waals surface area (Å²) in [5, 5.41) is 1.53. The first-order chi connectivity index (χ1) is 11.5. The molecular formula is C14H17F3N2O5S. The Morgan fingerprint density at radius 3 is 2.60 bits per heavy atom. The second kappa shape index (κ2) is 5.97. The zero-order valence-corrected chi connectivity index (χ0v) is 13.8. The molecule has 2 bridgehead atoms.